The highest BCUT2D eigenvalue weighted by Crippen LogP contribution is 2.31. The fourth-order valence-corrected chi connectivity index (χ4v) is 1.22. The molecule has 0 spiro atoms. The van der Waals surface area contributed by atoms with E-state index in [1.807, 2.05) is 0 Å². The highest BCUT2D eigenvalue weighted by Gasteiger charge is 2.47. The summed E-state index contributed by atoms with van der Waals surface area (Å²) in [6.07, 6.45) is 0. The maximum Gasteiger partial charge on any atom is 0.318 e. The number of esters is 1. The van der Waals surface area contributed by atoms with Gasteiger partial charge >= 0.3 is 5.97 Å². The molecule has 1 heterocycles. The standard InChI is InChI=1S/C5H6Cl2O2/c6-1-5(2-7)3-9-4(5)8/h1-3H2. The largest absolute Gasteiger partial charge is 0.464 e. The SMILES string of the molecule is O=C1OCC1(CCl)CCl. The molecule has 0 bridgehead atoms. The summed E-state index contributed by atoms with van der Waals surface area (Å²) >= 11 is 10.9. The molecule has 0 amide bonds. The number of hydrogen-bond donors (Lipinski definition) is 0. The molecule has 0 atom stereocenters. The molecule has 0 saturated carbocycles. The van der Waals surface area contributed by atoms with E-state index in [1.165, 1.54) is 0 Å². The van der Waals surface area contributed by atoms with Crippen LogP contribution in [0.2, 0.25) is 0 Å². The Kier molecular flexibility index (Phi) is 1.87. The first-order valence-corrected chi connectivity index (χ1v) is 3.61. The third-order valence-electron chi connectivity index (χ3n) is 1.42. The summed E-state index contributed by atoms with van der Waals surface area (Å²) in [4.78, 5) is 10.6. The molecule has 0 N–H and O–H groups in total. The number of rotatable bonds is 2. The van der Waals surface area contributed by atoms with Crippen LogP contribution in [0.5, 0.6) is 0 Å². The third kappa shape index (κ3) is 0.904. The van der Waals surface area contributed by atoms with Crippen molar-refractivity contribution in [2.75, 3.05) is 18.4 Å². The van der Waals surface area contributed by atoms with Gasteiger partial charge in [-0.2, -0.15) is 0 Å². The highest BCUT2D eigenvalue weighted by molar-refractivity contribution is 6.24. The van der Waals surface area contributed by atoms with Crippen molar-refractivity contribution in [1.29, 1.82) is 0 Å². The topological polar surface area (TPSA) is 26.3 Å². The van der Waals surface area contributed by atoms with E-state index in [4.69, 9.17) is 23.2 Å². The van der Waals surface area contributed by atoms with E-state index in [1.54, 1.807) is 0 Å². The van der Waals surface area contributed by atoms with Crippen LogP contribution in [0.25, 0.3) is 0 Å². The predicted octanol–water partition coefficient (Wildman–Crippen LogP) is 1.01. The van der Waals surface area contributed by atoms with Gasteiger partial charge in [-0.05, 0) is 0 Å². The monoisotopic (exact) mass is 168 g/mol. The molecule has 2 nitrogen and oxygen atoms in total. The van der Waals surface area contributed by atoms with Gasteiger partial charge in [0.25, 0.3) is 0 Å². The number of cyclic esters (lactones) is 1. The molecule has 4 heteroatoms. The minimum atomic E-state index is -0.566. The van der Waals surface area contributed by atoms with Crippen LogP contribution >= 0.6 is 23.2 Å². The lowest BCUT2D eigenvalue weighted by atomic mass is 9.90. The molecular weight excluding hydrogens is 163 g/mol. The van der Waals surface area contributed by atoms with Gasteiger partial charge in [0.2, 0.25) is 0 Å². The van der Waals surface area contributed by atoms with Gasteiger partial charge in [-0.15, -0.1) is 23.2 Å². The van der Waals surface area contributed by atoms with Gasteiger partial charge in [-0.1, -0.05) is 0 Å². The molecule has 0 aliphatic carbocycles. The lowest BCUT2D eigenvalue weighted by Crippen LogP contribution is -2.51. The summed E-state index contributed by atoms with van der Waals surface area (Å²) in [5.41, 5.74) is -0.566. The Bertz CT molecular complexity index is 125. The molecule has 0 aromatic heterocycles. The summed E-state index contributed by atoms with van der Waals surface area (Å²) in [5, 5.41) is 0. The summed E-state index contributed by atoms with van der Waals surface area (Å²) < 4.78 is 4.52. The molecule has 0 unspecified atom stereocenters. The van der Waals surface area contributed by atoms with Crippen molar-refractivity contribution >= 4 is 29.2 Å². The summed E-state index contributed by atoms with van der Waals surface area (Å²) in [7, 11) is 0. The van der Waals surface area contributed by atoms with Crippen molar-refractivity contribution < 1.29 is 9.53 Å². The van der Waals surface area contributed by atoms with Crippen molar-refractivity contribution in [3.8, 4) is 0 Å². The fourth-order valence-electron chi connectivity index (χ4n) is 0.557. The highest BCUT2D eigenvalue weighted by atomic mass is 35.5. The average molecular weight is 169 g/mol. The van der Waals surface area contributed by atoms with Crippen LogP contribution in [0.3, 0.4) is 0 Å². The minimum Gasteiger partial charge on any atom is -0.464 e. The zero-order valence-corrected chi connectivity index (χ0v) is 6.21. The first-order chi connectivity index (χ1) is 4.25. The number of alkyl halides is 2. The van der Waals surface area contributed by atoms with E-state index in [0.29, 0.717) is 6.61 Å². The first kappa shape index (κ1) is 7.16. The van der Waals surface area contributed by atoms with Crippen LogP contribution in [0.1, 0.15) is 0 Å². The van der Waals surface area contributed by atoms with Crippen molar-refractivity contribution in [3.63, 3.8) is 0 Å². The fraction of sp³-hybridized carbons (Fsp3) is 0.800. The maximum atomic E-state index is 10.6. The molecule has 52 valence electrons. The van der Waals surface area contributed by atoms with Gasteiger partial charge in [0.1, 0.15) is 12.0 Å². The lowest BCUT2D eigenvalue weighted by molar-refractivity contribution is -0.179. The molecular formula is C5H6Cl2O2. The van der Waals surface area contributed by atoms with Gasteiger partial charge in [0.05, 0.1) is 0 Å². The van der Waals surface area contributed by atoms with Gasteiger partial charge in [-0.25, -0.2) is 0 Å². The van der Waals surface area contributed by atoms with E-state index in [-0.39, 0.29) is 17.7 Å². The normalized spacial score (nSPS) is 22.7. The number of halogens is 2. The maximum absolute atomic E-state index is 10.6. The Morgan fingerprint density at radius 1 is 1.56 bits per heavy atom. The third-order valence-corrected chi connectivity index (χ3v) is 2.45. The smallest absolute Gasteiger partial charge is 0.318 e. The zero-order valence-electron chi connectivity index (χ0n) is 4.69. The van der Waals surface area contributed by atoms with Crippen LogP contribution in [0.15, 0.2) is 0 Å². The minimum absolute atomic E-state index is 0.259. The molecule has 0 aromatic rings. The van der Waals surface area contributed by atoms with Crippen LogP contribution in [0, 0.1) is 5.41 Å². The van der Waals surface area contributed by atoms with Crippen LogP contribution in [-0.4, -0.2) is 24.3 Å². The van der Waals surface area contributed by atoms with E-state index in [9.17, 15) is 4.79 Å². The predicted molar refractivity (Wildman–Crippen MR) is 34.8 cm³/mol. The van der Waals surface area contributed by atoms with Gasteiger partial charge in [0, 0.05) is 11.8 Å². The quantitative estimate of drug-likeness (QED) is 0.455. The second-order valence-corrected chi connectivity index (χ2v) is 2.66. The number of hydrogen-bond acceptors (Lipinski definition) is 2. The van der Waals surface area contributed by atoms with Crippen LogP contribution in [0.4, 0.5) is 0 Å². The van der Waals surface area contributed by atoms with E-state index >= 15 is 0 Å². The second-order valence-electron chi connectivity index (χ2n) is 2.12. The Morgan fingerprint density at radius 3 is 2.11 bits per heavy atom. The van der Waals surface area contributed by atoms with E-state index < -0.39 is 5.41 Å². The van der Waals surface area contributed by atoms with E-state index in [0.717, 1.165) is 0 Å². The van der Waals surface area contributed by atoms with Crippen molar-refractivity contribution in [1.82, 2.24) is 0 Å². The van der Waals surface area contributed by atoms with Gasteiger partial charge in [-0.3, -0.25) is 4.79 Å². The molecule has 1 aliphatic heterocycles. The molecule has 0 aromatic carbocycles. The lowest BCUT2D eigenvalue weighted by Gasteiger charge is -2.35. The van der Waals surface area contributed by atoms with Gasteiger partial charge < -0.3 is 4.74 Å². The molecule has 9 heavy (non-hydrogen) atoms. The van der Waals surface area contributed by atoms with Gasteiger partial charge in [0.15, 0.2) is 0 Å². The second kappa shape index (κ2) is 2.35. The molecule has 1 fully saturated rings. The van der Waals surface area contributed by atoms with E-state index in [2.05, 4.69) is 4.74 Å². The van der Waals surface area contributed by atoms with Crippen molar-refractivity contribution in [2.24, 2.45) is 5.41 Å². The molecule has 1 aliphatic rings. The molecule has 0 radical (unpaired) electrons. The van der Waals surface area contributed by atoms with Crippen molar-refractivity contribution in [2.45, 2.75) is 0 Å². The van der Waals surface area contributed by atoms with Crippen molar-refractivity contribution in [3.05, 3.63) is 0 Å². The van der Waals surface area contributed by atoms with Crippen LogP contribution < -0.4 is 0 Å². The molecule has 1 rings (SSSR count). The average Bonchev–Trinajstić information content (AvgIpc) is 1.89. The number of ether oxygens (including phenoxy) is 1. The molecule has 1 saturated heterocycles. The Labute approximate surface area is 63.1 Å². The Balaban J connectivity index is 2.58. The summed E-state index contributed by atoms with van der Waals surface area (Å²) in [6.45, 7) is 0.374. The summed E-state index contributed by atoms with van der Waals surface area (Å²) in [6, 6.07) is 0. The Hall–Kier alpha value is 0.0500. The Morgan fingerprint density at radius 2 is 2.11 bits per heavy atom. The number of carbonyl (C=O) groups is 1. The zero-order chi connectivity index (χ0) is 6.91. The first-order valence-electron chi connectivity index (χ1n) is 2.54. The summed E-state index contributed by atoms with van der Waals surface area (Å²) in [5.74, 6) is 0.248. The van der Waals surface area contributed by atoms with Crippen LogP contribution in [-0.2, 0) is 9.53 Å². The number of carbonyl (C=O) groups excluding carboxylic acids is 1.